The van der Waals surface area contributed by atoms with Crippen LogP contribution in [0.2, 0.25) is 0 Å². The average Bonchev–Trinajstić information content (AvgIpc) is 2.88. The number of nitrogens with two attached hydrogens (primary N) is 1. The van der Waals surface area contributed by atoms with Gasteiger partial charge >= 0.3 is 0 Å². The molecule has 2 amide bonds. The van der Waals surface area contributed by atoms with Gasteiger partial charge in [-0.15, -0.1) is 0 Å². The molecule has 1 heterocycles. The van der Waals surface area contributed by atoms with Crippen molar-refractivity contribution in [1.29, 1.82) is 0 Å². The zero-order valence-electron chi connectivity index (χ0n) is 17.7. The van der Waals surface area contributed by atoms with E-state index in [-0.39, 0.29) is 5.91 Å². The van der Waals surface area contributed by atoms with Gasteiger partial charge in [0.2, 0.25) is 0 Å². The summed E-state index contributed by atoms with van der Waals surface area (Å²) in [7, 11) is 0. The maximum atomic E-state index is 12.5. The highest BCUT2D eigenvalue weighted by atomic mass is 16.5. The van der Waals surface area contributed by atoms with Gasteiger partial charge in [0.05, 0.1) is 0 Å². The highest BCUT2D eigenvalue weighted by Crippen LogP contribution is 2.30. The summed E-state index contributed by atoms with van der Waals surface area (Å²) in [6, 6.07) is 25.6. The lowest BCUT2D eigenvalue weighted by Gasteiger charge is -2.10. The Balaban J connectivity index is 1.51. The Morgan fingerprint density at radius 1 is 0.788 bits per heavy atom. The van der Waals surface area contributed by atoms with Crippen molar-refractivity contribution in [2.24, 2.45) is 0 Å². The Kier molecular flexibility index (Phi) is 6.43. The second-order valence-corrected chi connectivity index (χ2v) is 7.42. The second-order valence-electron chi connectivity index (χ2n) is 7.42. The second kappa shape index (κ2) is 9.76. The van der Waals surface area contributed by atoms with Gasteiger partial charge in [0.1, 0.15) is 5.82 Å². The standard InChI is InChI=1S/C26H22N4O3/c27-24-23(19-8-12-21(13-9-19)26(32)30-33)14-22(16-28-24)18-6-10-20(11-7-18)25(31)29-15-17-4-2-1-3-5-17/h1-14,16,33H,15H2,(H2,27,28)(H,29,31)(H,30,32). The molecule has 0 aliphatic carbocycles. The van der Waals surface area contributed by atoms with E-state index in [0.717, 1.165) is 22.3 Å². The van der Waals surface area contributed by atoms with E-state index < -0.39 is 5.91 Å². The Hall–Kier alpha value is -4.49. The van der Waals surface area contributed by atoms with Gasteiger partial charge in [-0.05, 0) is 47.0 Å². The molecule has 0 radical (unpaired) electrons. The summed E-state index contributed by atoms with van der Waals surface area (Å²) in [4.78, 5) is 28.3. The molecule has 1 aromatic heterocycles. The summed E-state index contributed by atoms with van der Waals surface area (Å²) in [6.07, 6.45) is 1.68. The largest absolute Gasteiger partial charge is 0.383 e. The third-order valence-electron chi connectivity index (χ3n) is 5.25. The van der Waals surface area contributed by atoms with Crippen LogP contribution in [0.3, 0.4) is 0 Å². The van der Waals surface area contributed by atoms with E-state index in [9.17, 15) is 9.59 Å². The number of carbonyl (C=O) groups is 2. The van der Waals surface area contributed by atoms with Crippen LogP contribution in [0.5, 0.6) is 0 Å². The van der Waals surface area contributed by atoms with Crippen molar-refractivity contribution in [2.45, 2.75) is 6.54 Å². The number of rotatable bonds is 6. The van der Waals surface area contributed by atoms with Crippen LogP contribution in [0.15, 0.2) is 91.1 Å². The van der Waals surface area contributed by atoms with Crippen molar-refractivity contribution < 1.29 is 14.8 Å². The van der Waals surface area contributed by atoms with Gasteiger partial charge in [-0.1, -0.05) is 54.6 Å². The van der Waals surface area contributed by atoms with Crippen molar-refractivity contribution in [2.75, 3.05) is 5.73 Å². The quantitative estimate of drug-likeness (QED) is 0.268. The van der Waals surface area contributed by atoms with Crippen LogP contribution in [-0.2, 0) is 6.54 Å². The van der Waals surface area contributed by atoms with Crippen LogP contribution >= 0.6 is 0 Å². The van der Waals surface area contributed by atoms with Gasteiger partial charge in [-0.3, -0.25) is 14.8 Å². The lowest BCUT2D eigenvalue weighted by atomic mass is 9.99. The Morgan fingerprint density at radius 3 is 2.03 bits per heavy atom. The van der Waals surface area contributed by atoms with Crippen molar-refractivity contribution in [1.82, 2.24) is 15.8 Å². The number of hydrogen-bond acceptors (Lipinski definition) is 5. The van der Waals surface area contributed by atoms with Crippen LogP contribution in [0, 0.1) is 0 Å². The normalized spacial score (nSPS) is 10.5. The maximum absolute atomic E-state index is 12.5. The summed E-state index contributed by atoms with van der Waals surface area (Å²) in [5.74, 6) is -0.377. The first kappa shape index (κ1) is 21.7. The van der Waals surface area contributed by atoms with E-state index in [1.54, 1.807) is 48.1 Å². The molecule has 0 bridgehead atoms. The topological polar surface area (TPSA) is 117 Å². The summed E-state index contributed by atoms with van der Waals surface area (Å²) in [6.45, 7) is 0.464. The van der Waals surface area contributed by atoms with Crippen LogP contribution in [0.1, 0.15) is 26.3 Å². The first-order valence-corrected chi connectivity index (χ1v) is 10.3. The first-order valence-electron chi connectivity index (χ1n) is 10.3. The summed E-state index contributed by atoms with van der Waals surface area (Å²) in [5.41, 5.74) is 12.8. The minimum Gasteiger partial charge on any atom is -0.383 e. The lowest BCUT2D eigenvalue weighted by molar-refractivity contribution is 0.0706. The molecule has 7 nitrogen and oxygen atoms in total. The van der Waals surface area contributed by atoms with Crippen LogP contribution in [-0.4, -0.2) is 22.0 Å². The van der Waals surface area contributed by atoms with E-state index in [0.29, 0.717) is 29.1 Å². The van der Waals surface area contributed by atoms with Gasteiger partial charge in [0.25, 0.3) is 11.8 Å². The maximum Gasteiger partial charge on any atom is 0.274 e. The van der Waals surface area contributed by atoms with E-state index in [4.69, 9.17) is 10.9 Å². The van der Waals surface area contributed by atoms with Crippen LogP contribution in [0.4, 0.5) is 5.82 Å². The molecule has 33 heavy (non-hydrogen) atoms. The molecule has 0 fully saturated rings. The number of benzene rings is 3. The lowest BCUT2D eigenvalue weighted by Crippen LogP contribution is -2.22. The zero-order chi connectivity index (χ0) is 23.2. The average molecular weight is 438 g/mol. The van der Waals surface area contributed by atoms with Gasteiger partial charge in [0.15, 0.2) is 0 Å². The number of amides is 2. The number of hydrogen-bond donors (Lipinski definition) is 4. The molecule has 0 atom stereocenters. The van der Waals surface area contributed by atoms with E-state index in [1.807, 2.05) is 48.5 Å². The molecular formula is C26H22N4O3. The molecule has 0 saturated heterocycles. The number of nitrogen functional groups attached to an aromatic ring is 1. The third kappa shape index (κ3) is 5.06. The molecule has 4 aromatic rings. The fourth-order valence-electron chi connectivity index (χ4n) is 3.42. The minimum atomic E-state index is -0.589. The molecule has 3 aromatic carbocycles. The van der Waals surface area contributed by atoms with Crippen molar-refractivity contribution >= 4 is 17.6 Å². The van der Waals surface area contributed by atoms with Crippen molar-refractivity contribution in [3.8, 4) is 22.3 Å². The molecule has 7 heteroatoms. The minimum absolute atomic E-state index is 0.145. The molecule has 5 N–H and O–H groups in total. The summed E-state index contributed by atoms with van der Waals surface area (Å²) >= 11 is 0. The van der Waals surface area contributed by atoms with Crippen LogP contribution < -0.4 is 16.5 Å². The van der Waals surface area contributed by atoms with E-state index in [1.165, 1.54) is 0 Å². The van der Waals surface area contributed by atoms with E-state index in [2.05, 4.69) is 10.3 Å². The SMILES string of the molecule is Nc1ncc(-c2ccc(C(=O)NCc3ccccc3)cc2)cc1-c1ccc(C(=O)NO)cc1. The Bertz CT molecular complexity index is 1270. The number of nitrogens with one attached hydrogen (secondary N) is 2. The Labute approximate surface area is 190 Å². The number of aromatic nitrogens is 1. The van der Waals surface area contributed by atoms with E-state index >= 15 is 0 Å². The third-order valence-corrected chi connectivity index (χ3v) is 5.25. The molecule has 4 rings (SSSR count). The van der Waals surface area contributed by atoms with Crippen LogP contribution in [0.25, 0.3) is 22.3 Å². The summed E-state index contributed by atoms with van der Waals surface area (Å²) in [5, 5.41) is 11.7. The molecular weight excluding hydrogens is 416 g/mol. The summed E-state index contributed by atoms with van der Waals surface area (Å²) < 4.78 is 0. The van der Waals surface area contributed by atoms with Crippen molar-refractivity contribution in [3.63, 3.8) is 0 Å². The first-order chi connectivity index (χ1) is 16.0. The molecule has 0 spiro atoms. The molecule has 164 valence electrons. The van der Waals surface area contributed by atoms with Crippen molar-refractivity contribution in [3.05, 3.63) is 108 Å². The number of nitrogens with zero attached hydrogens (tertiary/aromatic N) is 1. The number of pyridine rings is 1. The number of hydroxylamine groups is 1. The molecule has 0 saturated carbocycles. The predicted octanol–water partition coefficient (Wildman–Crippen LogP) is 4.05. The number of anilines is 1. The highest BCUT2D eigenvalue weighted by molar-refractivity contribution is 5.95. The molecule has 0 aliphatic heterocycles. The Morgan fingerprint density at radius 2 is 1.39 bits per heavy atom. The smallest absolute Gasteiger partial charge is 0.274 e. The van der Waals surface area contributed by atoms with Gasteiger partial charge in [0, 0.05) is 35.0 Å². The van der Waals surface area contributed by atoms with Gasteiger partial charge < -0.3 is 11.1 Å². The van der Waals surface area contributed by atoms with Gasteiger partial charge in [-0.25, -0.2) is 10.5 Å². The van der Waals surface area contributed by atoms with Gasteiger partial charge in [-0.2, -0.15) is 0 Å². The highest BCUT2D eigenvalue weighted by Gasteiger charge is 2.11. The molecule has 0 unspecified atom stereocenters. The fourth-order valence-corrected chi connectivity index (χ4v) is 3.42. The predicted molar refractivity (Wildman–Crippen MR) is 126 cm³/mol. The monoisotopic (exact) mass is 438 g/mol. The molecule has 0 aliphatic rings. The fraction of sp³-hybridized carbons (Fsp3) is 0.0385. The zero-order valence-corrected chi connectivity index (χ0v) is 17.7. The number of carbonyl (C=O) groups excluding carboxylic acids is 2.